The van der Waals surface area contributed by atoms with Crippen molar-refractivity contribution < 1.29 is 5.11 Å². The van der Waals surface area contributed by atoms with Crippen molar-refractivity contribution in [1.82, 2.24) is 0 Å². The highest BCUT2D eigenvalue weighted by molar-refractivity contribution is 5.85. The predicted octanol–water partition coefficient (Wildman–Crippen LogP) is 2.17. The van der Waals surface area contributed by atoms with Gasteiger partial charge in [-0.2, -0.15) is 0 Å². The van der Waals surface area contributed by atoms with Crippen LogP contribution in [0.1, 0.15) is 40.5 Å². The van der Waals surface area contributed by atoms with Crippen molar-refractivity contribution >= 4 is 18.2 Å². The van der Waals surface area contributed by atoms with Crippen molar-refractivity contribution in [3.8, 4) is 0 Å². The van der Waals surface area contributed by atoms with Crippen LogP contribution in [-0.2, 0) is 0 Å². The highest BCUT2D eigenvalue weighted by Gasteiger charge is 2.18. The molecule has 0 saturated carbocycles. The summed E-state index contributed by atoms with van der Waals surface area (Å²) in [5, 5.41) is 16.4. The maximum Gasteiger partial charge on any atom is 0.120 e. The van der Waals surface area contributed by atoms with Gasteiger partial charge in [0.1, 0.15) is 11.9 Å². The van der Waals surface area contributed by atoms with Crippen LogP contribution >= 0.6 is 12.4 Å². The summed E-state index contributed by atoms with van der Waals surface area (Å²) in [5.74, 6) is 0.277. The summed E-state index contributed by atoms with van der Waals surface area (Å²) in [4.78, 5) is 0. The van der Waals surface area contributed by atoms with Gasteiger partial charge in [0.15, 0.2) is 0 Å². The largest absolute Gasteiger partial charge is 0.385 e. The Labute approximate surface area is 93.0 Å². The molecule has 0 amide bonds. The average molecular weight is 223 g/mol. The number of hydrogen-bond acceptors (Lipinski definition) is 2. The molecule has 3 nitrogen and oxygen atoms in total. The highest BCUT2D eigenvalue weighted by Crippen LogP contribution is 2.26. The minimum atomic E-state index is -0.766. The standard InChI is InChI=1S/C10H22N2O.ClH/c1-7(6-10(2,3)4)5-8(13)9(11)12;/h7-8,13H,5-6H2,1-4H3,(H3,11,12);1H. The van der Waals surface area contributed by atoms with Crippen LogP contribution in [0.2, 0.25) is 0 Å². The van der Waals surface area contributed by atoms with E-state index >= 15 is 0 Å². The van der Waals surface area contributed by atoms with Crippen LogP contribution in [0.15, 0.2) is 0 Å². The van der Waals surface area contributed by atoms with E-state index in [0.717, 1.165) is 6.42 Å². The van der Waals surface area contributed by atoms with E-state index in [9.17, 15) is 5.11 Å². The van der Waals surface area contributed by atoms with Crippen LogP contribution in [0.3, 0.4) is 0 Å². The third-order valence-corrected chi connectivity index (χ3v) is 1.95. The zero-order valence-corrected chi connectivity index (χ0v) is 10.3. The van der Waals surface area contributed by atoms with Crippen molar-refractivity contribution in [3.05, 3.63) is 0 Å². The zero-order chi connectivity index (χ0) is 10.6. The Balaban J connectivity index is 0. The lowest BCUT2D eigenvalue weighted by molar-refractivity contribution is 0.184. The quantitative estimate of drug-likeness (QED) is 0.504. The molecule has 2 unspecified atom stereocenters. The monoisotopic (exact) mass is 222 g/mol. The fourth-order valence-corrected chi connectivity index (χ4v) is 1.64. The van der Waals surface area contributed by atoms with Crippen LogP contribution in [0, 0.1) is 16.7 Å². The van der Waals surface area contributed by atoms with E-state index in [1.807, 2.05) is 0 Å². The first-order valence-electron chi connectivity index (χ1n) is 4.74. The van der Waals surface area contributed by atoms with Crippen molar-refractivity contribution in [2.24, 2.45) is 17.1 Å². The predicted molar refractivity (Wildman–Crippen MR) is 63.0 cm³/mol. The molecule has 0 heterocycles. The molecule has 0 aromatic heterocycles. The van der Waals surface area contributed by atoms with Crippen molar-refractivity contribution in [3.63, 3.8) is 0 Å². The highest BCUT2D eigenvalue weighted by atomic mass is 35.5. The summed E-state index contributed by atoms with van der Waals surface area (Å²) in [7, 11) is 0. The first-order chi connectivity index (χ1) is 5.72. The molecule has 0 rings (SSSR count). The van der Waals surface area contributed by atoms with Crippen LogP contribution in [0.25, 0.3) is 0 Å². The second-order valence-corrected chi connectivity index (χ2v) is 5.08. The second-order valence-electron chi connectivity index (χ2n) is 5.08. The Morgan fingerprint density at radius 2 is 1.86 bits per heavy atom. The van der Waals surface area contributed by atoms with Gasteiger partial charge in [-0.25, -0.2) is 0 Å². The van der Waals surface area contributed by atoms with Gasteiger partial charge in [0.2, 0.25) is 0 Å². The molecular formula is C10H23ClN2O. The molecule has 0 aliphatic rings. The van der Waals surface area contributed by atoms with Gasteiger partial charge >= 0.3 is 0 Å². The summed E-state index contributed by atoms with van der Waals surface area (Å²) in [6.07, 6.45) is 0.863. The maximum atomic E-state index is 9.34. The summed E-state index contributed by atoms with van der Waals surface area (Å²) in [6.45, 7) is 8.59. The normalized spacial score (nSPS) is 15.5. The Hall–Kier alpha value is -0.280. The zero-order valence-electron chi connectivity index (χ0n) is 9.50. The first kappa shape index (κ1) is 16.2. The molecule has 0 spiro atoms. The van der Waals surface area contributed by atoms with Crippen LogP contribution < -0.4 is 5.73 Å². The number of nitrogens with two attached hydrogens (primary N) is 1. The van der Waals surface area contributed by atoms with E-state index in [-0.39, 0.29) is 23.7 Å². The van der Waals surface area contributed by atoms with Crippen LogP contribution in [-0.4, -0.2) is 17.0 Å². The lowest BCUT2D eigenvalue weighted by Crippen LogP contribution is -2.30. The Morgan fingerprint density at radius 3 is 2.14 bits per heavy atom. The fourth-order valence-electron chi connectivity index (χ4n) is 1.64. The van der Waals surface area contributed by atoms with E-state index in [0.29, 0.717) is 12.3 Å². The number of nitrogens with one attached hydrogen (secondary N) is 1. The molecule has 0 radical (unpaired) electrons. The van der Waals surface area contributed by atoms with E-state index in [2.05, 4.69) is 27.7 Å². The molecule has 0 saturated heterocycles. The Bertz CT molecular complexity index is 177. The molecular weight excluding hydrogens is 200 g/mol. The van der Waals surface area contributed by atoms with Gasteiger partial charge in [0, 0.05) is 0 Å². The lowest BCUT2D eigenvalue weighted by Gasteiger charge is -2.24. The van der Waals surface area contributed by atoms with Gasteiger partial charge in [0.05, 0.1) is 0 Å². The van der Waals surface area contributed by atoms with Crippen LogP contribution in [0.5, 0.6) is 0 Å². The Kier molecular flexibility index (Phi) is 7.21. The van der Waals surface area contributed by atoms with Gasteiger partial charge in [-0.15, -0.1) is 12.4 Å². The first-order valence-corrected chi connectivity index (χ1v) is 4.74. The van der Waals surface area contributed by atoms with E-state index < -0.39 is 6.10 Å². The van der Waals surface area contributed by atoms with Gasteiger partial charge < -0.3 is 10.8 Å². The molecule has 0 aromatic rings. The van der Waals surface area contributed by atoms with E-state index in [4.69, 9.17) is 11.1 Å². The summed E-state index contributed by atoms with van der Waals surface area (Å²) in [5.41, 5.74) is 5.46. The second kappa shape index (κ2) is 6.25. The molecule has 0 aromatic carbocycles. The Morgan fingerprint density at radius 1 is 1.43 bits per heavy atom. The number of aliphatic hydroxyl groups is 1. The number of amidine groups is 1. The SMILES string of the molecule is CC(CC(O)C(=N)N)CC(C)(C)C.Cl. The molecule has 0 fully saturated rings. The molecule has 0 aliphatic carbocycles. The lowest BCUT2D eigenvalue weighted by atomic mass is 9.83. The van der Waals surface area contributed by atoms with Crippen LogP contribution in [0.4, 0.5) is 0 Å². The van der Waals surface area contributed by atoms with Gasteiger partial charge in [-0.1, -0.05) is 27.7 Å². The van der Waals surface area contributed by atoms with Gasteiger partial charge in [-0.3, -0.25) is 5.41 Å². The minimum absolute atomic E-state index is 0. The fraction of sp³-hybridized carbons (Fsp3) is 0.900. The number of aliphatic hydroxyl groups excluding tert-OH is 1. The summed E-state index contributed by atoms with van der Waals surface area (Å²) in [6, 6.07) is 0. The van der Waals surface area contributed by atoms with Gasteiger partial charge in [-0.05, 0) is 24.2 Å². The molecule has 4 heteroatoms. The third-order valence-electron chi connectivity index (χ3n) is 1.95. The molecule has 14 heavy (non-hydrogen) atoms. The molecule has 2 atom stereocenters. The van der Waals surface area contributed by atoms with E-state index in [1.165, 1.54) is 0 Å². The summed E-state index contributed by atoms with van der Waals surface area (Å²) >= 11 is 0. The minimum Gasteiger partial charge on any atom is -0.385 e. The molecule has 86 valence electrons. The molecule has 0 aliphatic heterocycles. The number of hydrogen-bond donors (Lipinski definition) is 3. The number of rotatable bonds is 4. The van der Waals surface area contributed by atoms with Crippen molar-refractivity contribution in [1.29, 1.82) is 5.41 Å². The van der Waals surface area contributed by atoms with Gasteiger partial charge in [0.25, 0.3) is 0 Å². The summed E-state index contributed by atoms with van der Waals surface area (Å²) < 4.78 is 0. The molecule has 0 bridgehead atoms. The molecule has 4 N–H and O–H groups in total. The van der Waals surface area contributed by atoms with E-state index in [1.54, 1.807) is 0 Å². The maximum absolute atomic E-state index is 9.34. The van der Waals surface area contributed by atoms with Crippen molar-refractivity contribution in [2.45, 2.75) is 46.6 Å². The average Bonchev–Trinajstić information content (AvgIpc) is 1.81. The number of halogens is 1. The third kappa shape index (κ3) is 8.32. The topological polar surface area (TPSA) is 70.1 Å². The smallest absolute Gasteiger partial charge is 0.120 e. The van der Waals surface area contributed by atoms with Crippen molar-refractivity contribution in [2.75, 3.05) is 0 Å².